The minimum Gasteiger partial charge on any atom is -0.346 e. The molecule has 0 aliphatic heterocycles. The lowest BCUT2D eigenvalue weighted by molar-refractivity contribution is -0.141. The molecular weight excluding hydrogens is 372 g/mol. The number of rotatable bonds is 3. The van der Waals surface area contributed by atoms with E-state index in [2.05, 4.69) is 10.3 Å². The van der Waals surface area contributed by atoms with Gasteiger partial charge in [0.15, 0.2) is 5.69 Å². The first-order chi connectivity index (χ1) is 11.5. The van der Waals surface area contributed by atoms with E-state index in [1.807, 2.05) is 0 Å². The lowest BCUT2D eigenvalue weighted by Crippen LogP contribution is -2.23. The van der Waals surface area contributed by atoms with Crippen molar-refractivity contribution in [1.29, 1.82) is 5.26 Å². The highest BCUT2D eigenvalue weighted by atomic mass is 32.1. The molecular formula is C14H7F6N3OS. The first-order valence-electron chi connectivity index (χ1n) is 6.45. The molecule has 2 rings (SSSR count). The number of alkyl halides is 6. The van der Waals surface area contributed by atoms with Crippen LogP contribution in [0.15, 0.2) is 24.3 Å². The van der Waals surface area contributed by atoms with Crippen molar-refractivity contribution >= 4 is 17.2 Å². The number of nitriles is 1. The fourth-order valence-corrected chi connectivity index (χ4v) is 2.60. The Labute approximate surface area is 140 Å². The summed E-state index contributed by atoms with van der Waals surface area (Å²) >= 11 is 0.474. The summed E-state index contributed by atoms with van der Waals surface area (Å²) in [7, 11) is 0. The summed E-state index contributed by atoms with van der Waals surface area (Å²) < 4.78 is 75.3. The Hall–Kier alpha value is -2.61. The molecule has 0 spiro atoms. The number of nitrogens with zero attached hydrogens (tertiary/aromatic N) is 2. The van der Waals surface area contributed by atoms with Crippen LogP contribution in [0.1, 0.15) is 31.5 Å². The van der Waals surface area contributed by atoms with E-state index >= 15 is 0 Å². The molecule has 1 amide bonds. The van der Waals surface area contributed by atoms with Gasteiger partial charge in [-0.15, -0.1) is 11.3 Å². The predicted molar refractivity (Wildman–Crippen MR) is 74.4 cm³/mol. The Balaban J connectivity index is 2.08. The molecule has 0 radical (unpaired) electrons. The summed E-state index contributed by atoms with van der Waals surface area (Å²) in [5, 5.41) is 10.8. The fourth-order valence-electron chi connectivity index (χ4n) is 1.78. The normalized spacial score (nSPS) is 11.9. The third-order valence-corrected chi connectivity index (χ3v) is 3.88. The van der Waals surface area contributed by atoms with Gasteiger partial charge in [-0.3, -0.25) is 4.79 Å². The minimum atomic E-state index is -4.79. The average Bonchev–Trinajstić information content (AvgIpc) is 2.95. The van der Waals surface area contributed by atoms with Crippen LogP contribution in [0.3, 0.4) is 0 Å². The topological polar surface area (TPSA) is 65.8 Å². The molecule has 132 valence electrons. The van der Waals surface area contributed by atoms with Gasteiger partial charge in [0.2, 0.25) is 0 Å². The third kappa shape index (κ3) is 4.48. The molecule has 0 saturated heterocycles. The summed E-state index contributed by atoms with van der Waals surface area (Å²) in [5.41, 5.74) is -2.36. The zero-order valence-corrected chi connectivity index (χ0v) is 12.8. The van der Waals surface area contributed by atoms with Crippen LogP contribution in [-0.4, -0.2) is 10.9 Å². The van der Waals surface area contributed by atoms with Gasteiger partial charge in [0.05, 0.1) is 12.1 Å². The van der Waals surface area contributed by atoms with E-state index in [4.69, 9.17) is 5.26 Å². The van der Waals surface area contributed by atoms with Crippen molar-refractivity contribution in [2.75, 3.05) is 0 Å². The highest BCUT2D eigenvalue weighted by Gasteiger charge is 2.37. The van der Waals surface area contributed by atoms with E-state index in [0.29, 0.717) is 23.5 Å². The van der Waals surface area contributed by atoms with Crippen LogP contribution < -0.4 is 5.32 Å². The molecule has 0 unspecified atom stereocenters. The number of nitrogens with one attached hydrogen (secondary N) is 1. The van der Waals surface area contributed by atoms with Crippen LogP contribution >= 0.6 is 11.3 Å². The van der Waals surface area contributed by atoms with Gasteiger partial charge in [-0.05, 0) is 24.3 Å². The predicted octanol–water partition coefficient (Wildman–Crippen LogP) is 3.98. The molecule has 0 saturated carbocycles. The molecule has 1 heterocycles. The highest BCUT2D eigenvalue weighted by Crippen LogP contribution is 2.34. The van der Waals surface area contributed by atoms with Gasteiger partial charge in [0, 0.05) is 5.56 Å². The van der Waals surface area contributed by atoms with Crippen molar-refractivity contribution in [3.8, 4) is 6.07 Å². The number of halogens is 6. The average molecular weight is 379 g/mol. The first kappa shape index (κ1) is 18.7. The molecule has 4 nitrogen and oxygen atoms in total. The molecule has 0 atom stereocenters. The van der Waals surface area contributed by atoms with Crippen molar-refractivity contribution in [1.82, 2.24) is 10.3 Å². The van der Waals surface area contributed by atoms with Gasteiger partial charge in [-0.1, -0.05) is 0 Å². The Morgan fingerprint density at radius 1 is 1.12 bits per heavy atom. The van der Waals surface area contributed by atoms with Crippen molar-refractivity contribution in [3.63, 3.8) is 0 Å². The Bertz CT molecular complexity index is 817. The summed E-state index contributed by atoms with van der Waals surface area (Å²) in [6, 6.07) is 4.70. The van der Waals surface area contributed by atoms with Crippen LogP contribution in [0.5, 0.6) is 0 Å². The smallest absolute Gasteiger partial charge is 0.346 e. The number of benzene rings is 1. The Kier molecular flexibility index (Phi) is 5.03. The molecule has 25 heavy (non-hydrogen) atoms. The quantitative estimate of drug-likeness (QED) is 0.821. The second-order valence-electron chi connectivity index (χ2n) is 4.65. The van der Waals surface area contributed by atoms with Gasteiger partial charge in [-0.2, -0.15) is 31.6 Å². The van der Waals surface area contributed by atoms with E-state index < -0.39 is 40.9 Å². The first-order valence-corrected chi connectivity index (χ1v) is 7.26. The number of carbonyl (C=O) groups excluding carboxylic acids is 1. The van der Waals surface area contributed by atoms with Crippen LogP contribution in [0.4, 0.5) is 26.3 Å². The highest BCUT2D eigenvalue weighted by molar-refractivity contribution is 7.12. The molecule has 0 aliphatic carbocycles. The van der Waals surface area contributed by atoms with E-state index in [9.17, 15) is 31.1 Å². The standard InChI is InChI=1S/C14H7F6N3OS/c15-13(16,17)8-3-1-7(2-4-8)12(24)22-6-10-23-11(14(18,19)20)9(5-21)25-10/h1-4H,6H2,(H,22,24). The number of amides is 1. The number of aromatic nitrogens is 1. The number of hydrogen-bond donors (Lipinski definition) is 1. The maximum atomic E-state index is 12.7. The van der Waals surface area contributed by atoms with E-state index in [1.54, 1.807) is 0 Å². The van der Waals surface area contributed by atoms with Crippen molar-refractivity contribution in [2.24, 2.45) is 0 Å². The maximum absolute atomic E-state index is 12.7. The maximum Gasteiger partial charge on any atom is 0.435 e. The van der Waals surface area contributed by atoms with E-state index in [-0.39, 0.29) is 10.6 Å². The van der Waals surface area contributed by atoms with Crippen molar-refractivity contribution < 1.29 is 31.1 Å². The van der Waals surface area contributed by atoms with Gasteiger partial charge in [0.1, 0.15) is 16.0 Å². The summed E-state index contributed by atoms with van der Waals surface area (Å²) in [6.07, 6.45) is -9.34. The summed E-state index contributed by atoms with van der Waals surface area (Å²) in [5.74, 6) is -0.781. The van der Waals surface area contributed by atoms with Gasteiger partial charge < -0.3 is 5.32 Å². The van der Waals surface area contributed by atoms with Crippen LogP contribution in [0.25, 0.3) is 0 Å². The van der Waals surface area contributed by atoms with Crippen molar-refractivity contribution in [3.05, 3.63) is 51.0 Å². The minimum absolute atomic E-state index is 0.0962. The molecule has 11 heteroatoms. The zero-order chi connectivity index (χ0) is 18.8. The SMILES string of the molecule is N#Cc1sc(CNC(=O)c2ccc(C(F)(F)F)cc2)nc1C(F)(F)F. The fraction of sp³-hybridized carbons (Fsp3) is 0.214. The van der Waals surface area contributed by atoms with Crippen LogP contribution in [-0.2, 0) is 18.9 Å². The van der Waals surface area contributed by atoms with E-state index in [0.717, 1.165) is 12.1 Å². The molecule has 0 aliphatic rings. The van der Waals surface area contributed by atoms with Crippen LogP contribution in [0, 0.1) is 11.3 Å². The Morgan fingerprint density at radius 3 is 2.16 bits per heavy atom. The molecule has 0 bridgehead atoms. The molecule has 1 aromatic heterocycles. The van der Waals surface area contributed by atoms with Crippen LogP contribution in [0.2, 0.25) is 0 Å². The second-order valence-corrected chi connectivity index (χ2v) is 5.74. The number of thiazole rings is 1. The zero-order valence-electron chi connectivity index (χ0n) is 12.0. The van der Waals surface area contributed by atoms with Gasteiger partial charge in [0.25, 0.3) is 5.91 Å². The molecule has 1 N–H and O–H groups in total. The van der Waals surface area contributed by atoms with Gasteiger partial charge in [-0.25, -0.2) is 4.98 Å². The monoisotopic (exact) mass is 379 g/mol. The van der Waals surface area contributed by atoms with Crippen molar-refractivity contribution in [2.45, 2.75) is 18.9 Å². The second kappa shape index (κ2) is 6.72. The lowest BCUT2D eigenvalue weighted by atomic mass is 10.1. The summed E-state index contributed by atoms with van der Waals surface area (Å²) in [4.78, 5) is 14.5. The largest absolute Gasteiger partial charge is 0.435 e. The Morgan fingerprint density at radius 2 is 1.72 bits per heavy atom. The summed E-state index contributed by atoms with van der Waals surface area (Å²) in [6.45, 7) is -0.394. The third-order valence-electron chi connectivity index (χ3n) is 2.92. The lowest BCUT2D eigenvalue weighted by Gasteiger charge is -2.07. The van der Waals surface area contributed by atoms with Gasteiger partial charge >= 0.3 is 12.4 Å². The molecule has 0 fully saturated rings. The van der Waals surface area contributed by atoms with E-state index in [1.165, 1.54) is 6.07 Å². The number of carbonyl (C=O) groups is 1. The molecule has 1 aromatic carbocycles. The number of hydrogen-bond acceptors (Lipinski definition) is 4. The molecule has 2 aromatic rings.